The van der Waals surface area contributed by atoms with Crippen molar-refractivity contribution in [1.29, 1.82) is 0 Å². The van der Waals surface area contributed by atoms with Gasteiger partial charge >= 0.3 is 11.9 Å². The van der Waals surface area contributed by atoms with Crippen molar-refractivity contribution in [2.75, 3.05) is 0 Å². The van der Waals surface area contributed by atoms with Gasteiger partial charge in [0, 0.05) is 30.1 Å². The van der Waals surface area contributed by atoms with Crippen LogP contribution in [0.5, 0.6) is 0 Å². The van der Waals surface area contributed by atoms with Gasteiger partial charge in [0.1, 0.15) is 11.7 Å². The van der Waals surface area contributed by atoms with Crippen molar-refractivity contribution < 1.29 is 19.1 Å². The van der Waals surface area contributed by atoms with Crippen LogP contribution in [0.3, 0.4) is 0 Å². The van der Waals surface area contributed by atoms with E-state index in [1.165, 1.54) is 62.3 Å². The third kappa shape index (κ3) is 6.77. The maximum atomic E-state index is 13.6. The van der Waals surface area contributed by atoms with Gasteiger partial charge < -0.3 is 9.47 Å². The lowest BCUT2D eigenvalue weighted by Crippen LogP contribution is -2.69. The van der Waals surface area contributed by atoms with E-state index in [0.29, 0.717) is 30.1 Å². The summed E-state index contributed by atoms with van der Waals surface area (Å²) < 4.78 is 12.8. The Balaban J connectivity index is 1.52. The Labute approximate surface area is 278 Å². The fourth-order valence-electron chi connectivity index (χ4n) is 11.2. The molecule has 0 aliphatic heterocycles. The molecule has 1 aromatic rings. The van der Waals surface area contributed by atoms with Gasteiger partial charge in [0.05, 0.1) is 5.25 Å². The standard InChI is InChI=1S/C40H62O4S/c1-9-11-37(42)44-40-25-30(43-29(6)41)20-23-39(40,8)35-21-22-38(7)33(28(5)13-10-12-26(2)3)18-19-34(38)32(35)24-36(40)45-31-16-14-27(4)15-17-31/h14-17,26,28,30,32-36H,9-13,18-25H2,1-8H3/t28-,30+,32+,33-,34+,35+,36-,38-,39-,40+/m1/s1. The summed E-state index contributed by atoms with van der Waals surface area (Å²) in [5.41, 5.74) is 0.833. The lowest BCUT2D eigenvalue weighted by atomic mass is 9.42. The molecule has 0 aromatic heterocycles. The SMILES string of the molecule is CCCC(=O)O[C@]12C[C@@H](OC(C)=O)CC[C@]1(C)[C@H]1CC[C@]3(C)[C@@H]([C@H](C)CCCC(C)C)CC[C@H]3[C@@H]1C[C@H]2Sc1ccc(C)cc1. The van der Waals surface area contributed by atoms with Crippen molar-refractivity contribution in [1.82, 2.24) is 0 Å². The summed E-state index contributed by atoms with van der Waals surface area (Å²) >= 11 is 1.93. The van der Waals surface area contributed by atoms with Crippen molar-refractivity contribution in [3.05, 3.63) is 29.8 Å². The molecule has 4 saturated carbocycles. The maximum absolute atomic E-state index is 13.6. The van der Waals surface area contributed by atoms with Gasteiger partial charge in [-0.25, -0.2) is 0 Å². The number of aryl methyl sites for hydroxylation is 1. The second-order valence-electron chi connectivity index (χ2n) is 16.6. The first kappa shape index (κ1) is 34.8. The third-order valence-electron chi connectivity index (χ3n) is 13.3. The zero-order valence-electron chi connectivity index (χ0n) is 29.7. The molecule has 5 heteroatoms. The number of hydrogen-bond acceptors (Lipinski definition) is 5. The molecule has 4 aliphatic rings. The van der Waals surface area contributed by atoms with Gasteiger partial charge in [0.15, 0.2) is 0 Å². The van der Waals surface area contributed by atoms with E-state index < -0.39 is 5.60 Å². The highest BCUT2D eigenvalue weighted by Gasteiger charge is 2.70. The second-order valence-corrected chi connectivity index (χ2v) is 17.8. The molecule has 5 rings (SSSR count). The summed E-state index contributed by atoms with van der Waals surface area (Å²) in [5, 5.41) is 0.121. The summed E-state index contributed by atoms with van der Waals surface area (Å²) in [6.07, 6.45) is 13.7. The molecule has 0 spiro atoms. The van der Waals surface area contributed by atoms with Gasteiger partial charge in [-0.1, -0.05) is 78.5 Å². The van der Waals surface area contributed by atoms with Gasteiger partial charge in [-0.15, -0.1) is 11.8 Å². The quantitative estimate of drug-likeness (QED) is 0.226. The average Bonchev–Trinajstić information content (AvgIpc) is 3.32. The minimum atomic E-state index is -0.662. The van der Waals surface area contributed by atoms with E-state index in [9.17, 15) is 9.59 Å². The Morgan fingerprint density at radius 1 is 0.978 bits per heavy atom. The van der Waals surface area contributed by atoms with Crippen molar-refractivity contribution in [2.45, 2.75) is 161 Å². The summed E-state index contributed by atoms with van der Waals surface area (Å²) in [4.78, 5) is 27.0. The Hall–Kier alpha value is -1.49. The number of thioether (sulfide) groups is 1. The minimum Gasteiger partial charge on any atom is -0.462 e. The smallest absolute Gasteiger partial charge is 0.306 e. The summed E-state index contributed by atoms with van der Waals surface area (Å²) in [7, 11) is 0. The molecule has 4 fully saturated rings. The van der Waals surface area contributed by atoms with Crippen LogP contribution in [-0.4, -0.2) is 28.9 Å². The second kappa shape index (κ2) is 13.9. The number of ether oxygens (including phenoxy) is 2. The Kier molecular flexibility index (Phi) is 10.8. The van der Waals surface area contributed by atoms with Gasteiger partial charge in [0.25, 0.3) is 0 Å². The summed E-state index contributed by atoms with van der Waals surface area (Å²) in [6.45, 7) is 18.1. The zero-order valence-corrected chi connectivity index (χ0v) is 30.5. The lowest BCUT2D eigenvalue weighted by Gasteiger charge is -2.67. The minimum absolute atomic E-state index is 0.0862. The summed E-state index contributed by atoms with van der Waals surface area (Å²) in [5.74, 6) is 3.93. The highest BCUT2D eigenvalue weighted by Crippen LogP contribution is 2.71. The fraction of sp³-hybridized carbons (Fsp3) is 0.800. The third-order valence-corrected chi connectivity index (χ3v) is 14.7. The van der Waals surface area contributed by atoms with Crippen LogP contribution in [0.25, 0.3) is 0 Å². The number of rotatable bonds is 11. The van der Waals surface area contributed by atoms with Crippen LogP contribution in [0.2, 0.25) is 0 Å². The molecule has 0 amide bonds. The number of carbonyl (C=O) groups is 2. The first-order valence-electron chi connectivity index (χ1n) is 18.4. The number of esters is 2. The van der Waals surface area contributed by atoms with E-state index in [2.05, 4.69) is 72.7 Å². The van der Waals surface area contributed by atoms with Gasteiger partial charge in [-0.3, -0.25) is 9.59 Å². The van der Waals surface area contributed by atoms with Crippen LogP contribution >= 0.6 is 11.8 Å². The van der Waals surface area contributed by atoms with Crippen LogP contribution in [0, 0.1) is 53.3 Å². The molecule has 4 nitrogen and oxygen atoms in total. The molecule has 4 aliphatic carbocycles. The molecule has 45 heavy (non-hydrogen) atoms. The van der Waals surface area contributed by atoms with Gasteiger partial charge in [-0.2, -0.15) is 0 Å². The topological polar surface area (TPSA) is 52.6 Å². The van der Waals surface area contributed by atoms with E-state index in [4.69, 9.17) is 9.47 Å². The lowest BCUT2D eigenvalue weighted by molar-refractivity contribution is -0.237. The maximum Gasteiger partial charge on any atom is 0.306 e. The fourth-order valence-corrected chi connectivity index (χ4v) is 12.7. The molecular formula is C40H62O4S. The Morgan fingerprint density at radius 2 is 1.71 bits per heavy atom. The molecule has 0 heterocycles. The van der Waals surface area contributed by atoms with Crippen LogP contribution in [0.4, 0.5) is 0 Å². The molecule has 0 radical (unpaired) electrons. The molecule has 0 unspecified atom stereocenters. The average molecular weight is 639 g/mol. The number of carbonyl (C=O) groups excluding carboxylic acids is 2. The number of fused-ring (bicyclic) bond motifs is 5. The molecule has 1 aromatic carbocycles. The van der Waals surface area contributed by atoms with Gasteiger partial charge in [-0.05, 0) is 111 Å². The predicted octanol–water partition coefficient (Wildman–Crippen LogP) is 10.6. The van der Waals surface area contributed by atoms with Crippen LogP contribution < -0.4 is 0 Å². The normalized spacial score (nSPS) is 38.2. The molecular weight excluding hydrogens is 577 g/mol. The van der Waals surface area contributed by atoms with E-state index in [-0.39, 0.29) is 28.7 Å². The van der Waals surface area contributed by atoms with E-state index in [1.54, 1.807) is 0 Å². The first-order valence-corrected chi connectivity index (χ1v) is 19.3. The molecule has 0 bridgehead atoms. The van der Waals surface area contributed by atoms with Gasteiger partial charge in [0.2, 0.25) is 0 Å². The Bertz CT molecular complexity index is 1180. The first-order chi connectivity index (χ1) is 21.3. The monoisotopic (exact) mass is 638 g/mol. The largest absolute Gasteiger partial charge is 0.462 e. The van der Waals surface area contributed by atoms with Crippen molar-refractivity contribution in [3.8, 4) is 0 Å². The van der Waals surface area contributed by atoms with Crippen molar-refractivity contribution in [3.63, 3.8) is 0 Å². The highest BCUT2D eigenvalue weighted by atomic mass is 32.2. The predicted molar refractivity (Wildman–Crippen MR) is 185 cm³/mol. The molecule has 0 N–H and O–H groups in total. The molecule has 10 atom stereocenters. The molecule has 0 saturated heterocycles. The van der Waals surface area contributed by atoms with Crippen LogP contribution in [0.15, 0.2) is 29.2 Å². The van der Waals surface area contributed by atoms with Crippen molar-refractivity contribution in [2.24, 2.45) is 46.3 Å². The molecule has 252 valence electrons. The number of benzene rings is 1. The number of hydrogen-bond donors (Lipinski definition) is 0. The van der Waals surface area contributed by atoms with Crippen LogP contribution in [0.1, 0.15) is 138 Å². The van der Waals surface area contributed by atoms with E-state index in [0.717, 1.165) is 49.4 Å². The highest BCUT2D eigenvalue weighted by molar-refractivity contribution is 8.00. The zero-order chi connectivity index (χ0) is 32.6. The Morgan fingerprint density at radius 3 is 2.38 bits per heavy atom. The van der Waals surface area contributed by atoms with E-state index in [1.807, 2.05) is 11.8 Å². The summed E-state index contributed by atoms with van der Waals surface area (Å²) in [6, 6.07) is 8.89. The van der Waals surface area contributed by atoms with Crippen molar-refractivity contribution >= 4 is 23.7 Å². The van der Waals surface area contributed by atoms with E-state index >= 15 is 0 Å². The van der Waals surface area contributed by atoms with Crippen LogP contribution in [-0.2, 0) is 19.1 Å².